The summed E-state index contributed by atoms with van der Waals surface area (Å²) < 4.78 is 11.5. The van der Waals surface area contributed by atoms with Gasteiger partial charge in [0.2, 0.25) is 0 Å². The Bertz CT molecular complexity index is 697. The largest absolute Gasteiger partial charge is 0.388 e. The molecular weight excluding hydrogens is 330 g/mol. The molecular formula is C18H22ClNO4. The second kappa shape index (κ2) is 5.15. The minimum Gasteiger partial charge on any atom is -0.388 e. The van der Waals surface area contributed by atoms with E-state index in [4.69, 9.17) is 21.1 Å². The average molecular weight is 352 g/mol. The highest BCUT2D eigenvalue weighted by Crippen LogP contribution is 2.58. The van der Waals surface area contributed by atoms with Gasteiger partial charge in [-0.2, -0.15) is 0 Å². The molecule has 4 aliphatic rings. The highest BCUT2D eigenvalue weighted by molar-refractivity contribution is 6.30. The Balaban J connectivity index is 1.70. The van der Waals surface area contributed by atoms with Crippen LogP contribution in [0.1, 0.15) is 73.3 Å². The summed E-state index contributed by atoms with van der Waals surface area (Å²) in [6, 6.07) is 0. The van der Waals surface area contributed by atoms with Crippen molar-refractivity contribution < 1.29 is 19.7 Å². The van der Waals surface area contributed by atoms with Crippen molar-refractivity contribution in [2.75, 3.05) is 13.2 Å². The molecule has 2 atom stereocenters. The first-order chi connectivity index (χ1) is 11.5. The Morgan fingerprint density at radius 2 is 1.83 bits per heavy atom. The molecule has 1 aromatic rings. The Labute approximate surface area is 145 Å². The maximum Gasteiger partial charge on any atom is 0.185 e. The van der Waals surface area contributed by atoms with Gasteiger partial charge in [-0.15, -0.1) is 0 Å². The Morgan fingerprint density at radius 1 is 1.08 bits per heavy atom. The second-order valence-electron chi connectivity index (χ2n) is 7.88. The molecule has 0 radical (unpaired) electrons. The fourth-order valence-electron chi connectivity index (χ4n) is 5.24. The molecule has 2 fully saturated rings. The Hall–Kier alpha value is -0.720. The monoisotopic (exact) mass is 351 g/mol. The van der Waals surface area contributed by atoms with Gasteiger partial charge in [0.15, 0.2) is 6.29 Å². The maximum absolute atomic E-state index is 11.0. The minimum atomic E-state index is -1.07. The number of nitrogens with zero attached hydrogens (tertiary/aromatic N) is 1. The van der Waals surface area contributed by atoms with Crippen molar-refractivity contribution in [2.24, 2.45) is 5.41 Å². The van der Waals surface area contributed by atoms with Crippen LogP contribution in [-0.4, -0.2) is 28.4 Å². The lowest BCUT2D eigenvalue weighted by Gasteiger charge is -2.48. The van der Waals surface area contributed by atoms with E-state index in [0.29, 0.717) is 36.8 Å². The number of aromatic nitrogens is 1. The van der Waals surface area contributed by atoms with Gasteiger partial charge >= 0.3 is 0 Å². The Kier molecular flexibility index (Phi) is 3.33. The molecule has 2 unspecified atom stereocenters. The van der Waals surface area contributed by atoms with Crippen molar-refractivity contribution in [3.8, 4) is 0 Å². The SMILES string of the molecule is OC1CC2(CCC2)Cc2nc(Cl)c3c(c21)C1(CCOCC1)OC3O. The fourth-order valence-corrected chi connectivity index (χ4v) is 5.53. The molecule has 1 saturated heterocycles. The summed E-state index contributed by atoms with van der Waals surface area (Å²) in [4.78, 5) is 4.58. The molecule has 130 valence electrons. The van der Waals surface area contributed by atoms with Crippen LogP contribution in [0.25, 0.3) is 0 Å². The minimum absolute atomic E-state index is 0.192. The molecule has 5 nitrogen and oxygen atoms in total. The molecule has 2 spiro atoms. The van der Waals surface area contributed by atoms with Gasteiger partial charge in [0.1, 0.15) is 10.8 Å². The van der Waals surface area contributed by atoms with E-state index in [2.05, 4.69) is 4.98 Å². The third kappa shape index (κ3) is 1.99. The van der Waals surface area contributed by atoms with Crippen LogP contribution in [0, 0.1) is 5.41 Å². The van der Waals surface area contributed by atoms with Gasteiger partial charge in [-0.3, -0.25) is 0 Å². The van der Waals surface area contributed by atoms with E-state index in [1.807, 2.05) is 0 Å². The zero-order valence-corrected chi connectivity index (χ0v) is 14.3. The zero-order chi connectivity index (χ0) is 16.5. The van der Waals surface area contributed by atoms with Crippen LogP contribution >= 0.6 is 11.6 Å². The highest BCUT2D eigenvalue weighted by atomic mass is 35.5. The molecule has 0 amide bonds. The van der Waals surface area contributed by atoms with Crippen LogP contribution in [-0.2, 0) is 21.5 Å². The van der Waals surface area contributed by atoms with E-state index in [-0.39, 0.29) is 5.41 Å². The molecule has 6 heteroatoms. The van der Waals surface area contributed by atoms with Crippen molar-refractivity contribution in [3.05, 3.63) is 27.5 Å². The summed E-state index contributed by atoms with van der Waals surface area (Å²) in [5.74, 6) is 0. The number of aliphatic hydroxyl groups excluding tert-OH is 2. The van der Waals surface area contributed by atoms with Crippen LogP contribution in [0.5, 0.6) is 0 Å². The van der Waals surface area contributed by atoms with Gasteiger partial charge in [0.05, 0.1) is 11.7 Å². The molecule has 0 bridgehead atoms. The lowest BCUT2D eigenvalue weighted by molar-refractivity contribution is -0.199. The molecule has 24 heavy (non-hydrogen) atoms. The number of hydrogen-bond donors (Lipinski definition) is 2. The standard InChI is InChI=1S/C18H22ClNO4/c19-15-13-14(18(24-16(13)22)4-6-23-7-5-18)12-10(20-15)8-17(2-1-3-17)9-11(12)21/h11,16,21-22H,1-9H2. The maximum atomic E-state index is 11.0. The van der Waals surface area contributed by atoms with Gasteiger partial charge in [-0.05, 0) is 31.1 Å². The number of hydrogen-bond acceptors (Lipinski definition) is 5. The third-order valence-electron chi connectivity index (χ3n) is 6.56. The lowest BCUT2D eigenvalue weighted by atomic mass is 9.59. The number of rotatable bonds is 0. The van der Waals surface area contributed by atoms with E-state index in [9.17, 15) is 10.2 Å². The molecule has 1 aromatic heterocycles. The number of ether oxygens (including phenoxy) is 2. The van der Waals surface area contributed by atoms with E-state index in [1.54, 1.807) is 0 Å². The highest BCUT2D eigenvalue weighted by Gasteiger charge is 2.53. The molecule has 0 aromatic carbocycles. The average Bonchev–Trinajstić information content (AvgIpc) is 2.79. The summed E-state index contributed by atoms with van der Waals surface area (Å²) in [5, 5.41) is 21.7. The first-order valence-electron chi connectivity index (χ1n) is 8.88. The molecule has 2 aliphatic carbocycles. The first kappa shape index (κ1) is 15.5. The summed E-state index contributed by atoms with van der Waals surface area (Å²) in [5.41, 5.74) is 2.81. The van der Waals surface area contributed by atoms with E-state index < -0.39 is 18.0 Å². The number of fused-ring (bicyclic) bond motifs is 4. The molecule has 2 N–H and O–H groups in total. The summed E-state index contributed by atoms with van der Waals surface area (Å²) in [6.45, 7) is 1.17. The zero-order valence-electron chi connectivity index (χ0n) is 13.6. The number of halogens is 1. The second-order valence-corrected chi connectivity index (χ2v) is 8.24. The molecule has 3 heterocycles. The molecule has 1 saturated carbocycles. The van der Waals surface area contributed by atoms with Gasteiger partial charge in [0.25, 0.3) is 0 Å². The van der Waals surface area contributed by atoms with Crippen LogP contribution in [0.2, 0.25) is 5.15 Å². The lowest BCUT2D eigenvalue weighted by Crippen LogP contribution is -2.40. The van der Waals surface area contributed by atoms with Crippen molar-refractivity contribution in [3.63, 3.8) is 0 Å². The van der Waals surface area contributed by atoms with Crippen molar-refractivity contribution in [1.29, 1.82) is 0 Å². The van der Waals surface area contributed by atoms with Crippen LogP contribution in [0.3, 0.4) is 0 Å². The van der Waals surface area contributed by atoms with Crippen molar-refractivity contribution in [2.45, 2.75) is 62.9 Å². The smallest absolute Gasteiger partial charge is 0.185 e. The van der Waals surface area contributed by atoms with Crippen LogP contribution in [0.15, 0.2) is 0 Å². The normalized spacial score (nSPS) is 32.5. The van der Waals surface area contributed by atoms with Gasteiger partial charge in [-0.25, -0.2) is 4.98 Å². The number of aliphatic hydroxyl groups is 2. The quantitative estimate of drug-likeness (QED) is 0.703. The van der Waals surface area contributed by atoms with Gasteiger partial charge in [-0.1, -0.05) is 18.0 Å². The Morgan fingerprint density at radius 3 is 2.50 bits per heavy atom. The van der Waals surface area contributed by atoms with Crippen LogP contribution in [0.4, 0.5) is 0 Å². The van der Waals surface area contributed by atoms with E-state index >= 15 is 0 Å². The predicted octanol–water partition coefficient (Wildman–Crippen LogP) is 2.91. The number of pyridine rings is 1. The van der Waals surface area contributed by atoms with E-state index in [1.165, 1.54) is 6.42 Å². The summed E-state index contributed by atoms with van der Waals surface area (Å²) in [6.07, 6.45) is 4.88. The summed E-state index contributed by atoms with van der Waals surface area (Å²) in [7, 11) is 0. The predicted molar refractivity (Wildman–Crippen MR) is 86.6 cm³/mol. The molecule has 5 rings (SSSR count). The first-order valence-corrected chi connectivity index (χ1v) is 9.26. The van der Waals surface area contributed by atoms with Crippen LogP contribution < -0.4 is 0 Å². The van der Waals surface area contributed by atoms with Crippen molar-refractivity contribution >= 4 is 11.6 Å². The summed E-state index contributed by atoms with van der Waals surface area (Å²) >= 11 is 6.44. The van der Waals surface area contributed by atoms with E-state index in [0.717, 1.165) is 42.5 Å². The third-order valence-corrected chi connectivity index (χ3v) is 6.85. The fraction of sp³-hybridized carbons (Fsp3) is 0.722. The van der Waals surface area contributed by atoms with Gasteiger partial charge in [0, 0.05) is 42.9 Å². The topological polar surface area (TPSA) is 71.8 Å². The van der Waals surface area contributed by atoms with Gasteiger partial charge < -0.3 is 19.7 Å². The van der Waals surface area contributed by atoms with Crippen molar-refractivity contribution in [1.82, 2.24) is 4.98 Å². The molecule has 2 aliphatic heterocycles.